The lowest BCUT2D eigenvalue weighted by Gasteiger charge is -2.06. The van der Waals surface area contributed by atoms with Crippen LogP contribution in [0.25, 0.3) is 0 Å². The zero-order valence-electron chi connectivity index (χ0n) is 12.7. The minimum absolute atomic E-state index is 0.0406. The van der Waals surface area contributed by atoms with Gasteiger partial charge < -0.3 is 14.6 Å². The van der Waals surface area contributed by atoms with E-state index in [0.717, 1.165) is 40.1 Å². The lowest BCUT2D eigenvalue weighted by molar-refractivity contribution is 0.0954. The highest BCUT2D eigenvalue weighted by Crippen LogP contribution is 2.33. The van der Waals surface area contributed by atoms with Crippen molar-refractivity contribution in [1.82, 2.24) is 14.9 Å². The van der Waals surface area contributed by atoms with E-state index in [0.29, 0.717) is 6.54 Å². The second-order valence-corrected chi connectivity index (χ2v) is 7.07. The normalized spacial score (nSPS) is 17.8. The molecule has 7 heteroatoms. The van der Waals surface area contributed by atoms with Crippen molar-refractivity contribution in [1.29, 1.82) is 0 Å². The monoisotopic (exact) mass is 337 g/mol. The third-order valence-electron chi connectivity index (χ3n) is 3.75. The van der Waals surface area contributed by atoms with Crippen LogP contribution >= 0.6 is 23.1 Å². The van der Waals surface area contributed by atoms with Crippen molar-refractivity contribution in [3.8, 4) is 0 Å². The second-order valence-electron chi connectivity index (χ2n) is 5.18. The zero-order valence-corrected chi connectivity index (χ0v) is 14.3. The van der Waals surface area contributed by atoms with Crippen LogP contribution in [0.5, 0.6) is 0 Å². The van der Waals surface area contributed by atoms with E-state index >= 15 is 0 Å². The van der Waals surface area contributed by atoms with Gasteiger partial charge in [0.25, 0.3) is 5.91 Å². The lowest BCUT2D eigenvalue weighted by atomic mass is 10.2. The first-order valence-electron chi connectivity index (χ1n) is 7.23. The largest absolute Gasteiger partial charge is 0.373 e. The molecular formula is C15H19N3O2S2. The molecule has 0 aromatic carbocycles. The summed E-state index contributed by atoms with van der Waals surface area (Å²) < 4.78 is 7.65. The van der Waals surface area contributed by atoms with Gasteiger partial charge in [-0.05, 0) is 31.2 Å². The Kier molecular flexibility index (Phi) is 4.85. The van der Waals surface area contributed by atoms with Gasteiger partial charge in [-0.1, -0.05) is 11.8 Å². The van der Waals surface area contributed by atoms with Crippen LogP contribution in [0, 0.1) is 0 Å². The third kappa shape index (κ3) is 3.21. The highest BCUT2D eigenvalue weighted by molar-refractivity contribution is 7.98. The summed E-state index contributed by atoms with van der Waals surface area (Å²) in [5.41, 5.74) is 0.994. The SMILES string of the molecule is CSc1ncc(CNC(=O)c2ccc(C3CCCO3)s2)n1C. The molecule has 1 aliphatic heterocycles. The minimum atomic E-state index is -0.0406. The first kappa shape index (κ1) is 15.6. The number of amides is 1. The quantitative estimate of drug-likeness (QED) is 0.852. The summed E-state index contributed by atoms with van der Waals surface area (Å²) in [4.78, 5) is 18.4. The van der Waals surface area contributed by atoms with Crippen molar-refractivity contribution >= 4 is 29.0 Å². The molecule has 1 atom stereocenters. The molecule has 0 saturated carbocycles. The van der Waals surface area contributed by atoms with Crippen LogP contribution in [0.1, 0.15) is 39.2 Å². The number of aromatic nitrogens is 2. The maximum atomic E-state index is 12.3. The molecule has 0 aliphatic carbocycles. The van der Waals surface area contributed by atoms with Gasteiger partial charge in [-0.2, -0.15) is 0 Å². The summed E-state index contributed by atoms with van der Waals surface area (Å²) in [6.07, 6.45) is 6.12. The van der Waals surface area contributed by atoms with Crippen molar-refractivity contribution in [3.63, 3.8) is 0 Å². The van der Waals surface area contributed by atoms with Crippen LogP contribution in [0.4, 0.5) is 0 Å². The average molecular weight is 337 g/mol. The Morgan fingerprint density at radius 2 is 2.45 bits per heavy atom. The predicted octanol–water partition coefficient (Wildman–Crippen LogP) is 2.99. The van der Waals surface area contributed by atoms with Crippen molar-refractivity contribution in [3.05, 3.63) is 33.8 Å². The predicted molar refractivity (Wildman–Crippen MR) is 88.4 cm³/mol. The van der Waals surface area contributed by atoms with Gasteiger partial charge >= 0.3 is 0 Å². The van der Waals surface area contributed by atoms with Gasteiger partial charge in [-0.15, -0.1) is 11.3 Å². The molecule has 2 aromatic rings. The summed E-state index contributed by atoms with van der Waals surface area (Å²) in [5, 5.41) is 3.90. The number of hydrogen-bond donors (Lipinski definition) is 1. The summed E-state index contributed by atoms with van der Waals surface area (Å²) >= 11 is 3.12. The second kappa shape index (κ2) is 6.85. The van der Waals surface area contributed by atoms with Crippen LogP contribution in [0.3, 0.4) is 0 Å². The number of thiophene rings is 1. The summed E-state index contributed by atoms with van der Waals surface area (Å²) in [7, 11) is 1.96. The number of carbonyl (C=O) groups is 1. The van der Waals surface area contributed by atoms with Gasteiger partial charge in [-0.3, -0.25) is 4.79 Å². The smallest absolute Gasteiger partial charge is 0.261 e. The molecule has 0 radical (unpaired) electrons. The van der Waals surface area contributed by atoms with Crippen LogP contribution in [0.2, 0.25) is 0 Å². The molecule has 1 N–H and O–H groups in total. The van der Waals surface area contributed by atoms with E-state index in [9.17, 15) is 4.79 Å². The fraction of sp³-hybridized carbons (Fsp3) is 0.467. The van der Waals surface area contributed by atoms with Crippen LogP contribution < -0.4 is 5.32 Å². The summed E-state index contributed by atoms with van der Waals surface area (Å²) in [6, 6.07) is 3.89. The van der Waals surface area contributed by atoms with E-state index in [1.165, 1.54) is 11.3 Å². The van der Waals surface area contributed by atoms with Crippen molar-refractivity contribution in [2.24, 2.45) is 7.05 Å². The molecule has 5 nitrogen and oxygen atoms in total. The Hall–Kier alpha value is -1.31. The Bertz CT molecular complexity index is 660. The van der Waals surface area contributed by atoms with Gasteiger partial charge in [0.1, 0.15) is 0 Å². The van der Waals surface area contributed by atoms with E-state index in [1.807, 2.05) is 30.0 Å². The number of carbonyl (C=O) groups excluding carboxylic acids is 1. The minimum Gasteiger partial charge on any atom is -0.373 e. The molecule has 0 spiro atoms. The van der Waals surface area contributed by atoms with E-state index in [1.54, 1.807) is 18.0 Å². The number of nitrogens with zero attached hydrogens (tertiary/aromatic N) is 2. The lowest BCUT2D eigenvalue weighted by Crippen LogP contribution is -2.23. The van der Waals surface area contributed by atoms with Crippen LogP contribution in [-0.4, -0.2) is 28.3 Å². The molecule has 3 rings (SSSR count). The Labute approximate surface area is 138 Å². The van der Waals surface area contributed by atoms with Gasteiger partial charge in [0, 0.05) is 18.5 Å². The Morgan fingerprint density at radius 1 is 1.59 bits per heavy atom. The zero-order chi connectivity index (χ0) is 15.5. The summed E-state index contributed by atoms with van der Waals surface area (Å²) in [5.74, 6) is -0.0406. The van der Waals surface area contributed by atoms with Crippen molar-refractivity contribution in [2.45, 2.75) is 30.6 Å². The number of hydrogen-bond acceptors (Lipinski definition) is 5. The molecule has 118 valence electrons. The van der Waals surface area contributed by atoms with Gasteiger partial charge in [0.2, 0.25) is 0 Å². The third-order valence-corrected chi connectivity index (χ3v) is 5.67. The molecule has 1 fully saturated rings. The Morgan fingerprint density at radius 3 is 3.14 bits per heavy atom. The van der Waals surface area contributed by atoms with Gasteiger partial charge in [0.05, 0.1) is 29.4 Å². The molecule has 0 bridgehead atoms. The fourth-order valence-electron chi connectivity index (χ4n) is 2.49. The van der Waals surface area contributed by atoms with Crippen molar-refractivity contribution < 1.29 is 9.53 Å². The maximum Gasteiger partial charge on any atom is 0.261 e. The number of thioether (sulfide) groups is 1. The topological polar surface area (TPSA) is 56.1 Å². The van der Waals surface area contributed by atoms with Crippen LogP contribution in [0.15, 0.2) is 23.5 Å². The Balaban J connectivity index is 1.60. The van der Waals surface area contributed by atoms with E-state index in [4.69, 9.17) is 4.74 Å². The molecule has 2 aromatic heterocycles. The first-order chi connectivity index (χ1) is 10.7. The standard InChI is InChI=1S/C15H19N3O2S2/c1-18-10(9-17-15(18)21-2)8-16-14(19)13-6-5-12(22-13)11-4-3-7-20-11/h5-6,9,11H,3-4,7-8H2,1-2H3,(H,16,19). The highest BCUT2D eigenvalue weighted by atomic mass is 32.2. The molecule has 22 heavy (non-hydrogen) atoms. The first-order valence-corrected chi connectivity index (χ1v) is 9.27. The number of rotatable bonds is 5. The fourth-order valence-corrected chi connectivity index (χ4v) is 4.05. The molecule has 1 amide bonds. The van der Waals surface area contributed by atoms with E-state index in [2.05, 4.69) is 10.3 Å². The van der Waals surface area contributed by atoms with Crippen LogP contribution in [-0.2, 0) is 18.3 Å². The van der Waals surface area contributed by atoms with E-state index < -0.39 is 0 Å². The highest BCUT2D eigenvalue weighted by Gasteiger charge is 2.21. The molecule has 1 aliphatic rings. The van der Waals surface area contributed by atoms with Gasteiger partial charge in [0.15, 0.2) is 5.16 Å². The molecule has 1 unspecified atom stereocenters. The molecule has 3 heterocycles. The number of nitrogens with one attached hydrogen (secondary N) is 1. The van der Waals surface area contributed by atoms with Crippen molar-refractivity contribution in [2.75, 3.05) is 12.9 Å². The summed E-state index contributed by atoms with van der Waals surface area (Å²) in [6.45, 7) is 1.30. The number of imidazole rings is 1. The maximum absolute atomic E-state index is 12.3. The number of ether oxygens (including phenoxy) is 1. The van der Waals surface area contributed by atoms with Gasteiger partial charge in [-0.25, -0.2) is 4.98 Å². The molecule has 1 saturated heterocycles. The molecular weight excluding hydrogens is 318 g/mol. The van der Waals surface area contributed by atoms with E-state index in [-0.39, 0.29) is 12.0 Å². The average Bonchev–Trinajstić information content (AvgIpc) is 3.25.